The summed E-state index contributed by atoms with van der Waals surface area (Å²) in [5.41, 5.74) is 3.21. The first-order valence-corrected chi connectivity index (χ1v) is 17.3. The molecule has 1 saturated carbocycles. The van der Waals surface area contributed by atoms with Crippen LogP contribution < -0.4 is 9.62 Å². The minimum atomic E-state index is -3.57. The Morgan fingerprint density at radius 3 is 2.28 bits per heavy atom. The molecule has 0 aliphatic heterocycles. The first kappa shape index (κ1) is 32.6. The minimum absolute atomic E-state index is 0.0838. The van der Waals surface area contributed by atoms with Gasteiger partial charge in [0.15, 0.2) is 0 Å². The van der Waals surface area contributed by atoms with E-state index < -0.39 is 16.1 Å². The molecule has 230 valence electrons. The molecule has 0 heterocycles. The first-order chi connectivity index (χ1) is 20.6. The summed E-state index contributed by atoms with van der Waals surface area (Å²) < 4.78 is 26.8. The number of hydrogen-bond acceptors (Lipinski definition) is 4. The van der Waals surface area contributed by atoms with E-state index in [-0.39, 0.29) is 37.4 Å². The molecular formula is C34H42ClN3O4S. The van der Waals surface area contributed by atoms with Gasteiger partial charge in [-0.05, 0) is 61.1 Å². The molecule has 1 aliphatic carbocycles. The van der Waals surface area contributed by atoms with Crippen LogP contribution in [0.15, 0.2) is 78.9 Å². The van der Waals surface area contributed by atoms with Gasteiger partial charge in [0.2, 0.25) is 21.8 Å². The number of hydrogen-bond donors (Lipinski definition) is 1. The van der Waals surface area contributed by atoms with Gasteiger partial charge in [-0.3, -0.25) is 13.9 Å². The molecule has 9 heteroatoms. The van der Waals surface area contributed by atoms with E-state index in [4.69, 9.17) is 11.6 Å². The van der Waals surface area contributed by atoms with Crippen molar-refractivity contribution < 1.29 is 18.0 Å². The van der Waals surface area contributed by atoms with Crippen LogP contribution in [0, 0.1) is 6.92 Å². The van der Waals surface area contributed by atoms with E-state index in [0.29, 0.717) is 23.6 Å². The van der Waals surface area contributed by atoms with Crippen LogP contribution in [0.25, 0.3) is 0 Å². The third-order valence-electron chi connectivity index (χ3n) is 8.00. The summed E-state index contributed by atoms with van der Waals surface area (Å²) in [6.45, 7) is 2.23. The molecule has 0 radical (unpaired) electrons. The topological polar surface area (TPSA) is 86.8 Å². The number of halogens is 1. The van der Waals surface area contributed by atoms with Crippen molar-refractivity contribution in [2.45, 2.75) is 76.9 Å². The number of anilines is 1. The van der Waals surface area contributed by atoms with E-state index in [1.165, 1.54) is 17.0 Å². The van der Waals surface area contributed by atoms with Crippen LogP contribution in [0.1, 0.15) is 61.6 Å². The number of carbonyl (C=O) groups is 2. The Hall–Kier alpha value is -3.36. The Balaban J connectivity index is 1.59. The van der Waals surface area contributed by atoms with Crippen molar-refractivity contribution in [3.05, 3.63) is 101 Å². The molecule has 1 N–H and O–H groups in total. The summed E-state index contributed by atoms with van der Waals surface area (Å²) in [6.07, 6.45) is 7.14. The fourth-order valence-corrected chi connectivity index (χ4v) is 6.99. The highest BCUT2D eigenvalue weighted by Crippen LogP contribution is 2.24. The quantitative estimate of drug-likeness (QED) is 0.243. The lowest BCUT2D eigenvalue weighted by molar-refractivity contribution is -0.141. The number of nitrogens with one attached hydrogen (secondary N) is 1. The molecule has 4 rings (SSSR count). The summed E-state index contributed by atoms with van der Waals surface area (Å²) >= 11 is 6.30. The van der Waals surface area contributed by atoms with E-state index >= 15 is 0 Å². The van der Waals surface area contributed by atoms with Crippen LogP contribution in [-0.4, -0.2) is 50.0 Å². The maximum absolute atomic E-state index is 14.0. The average molecular weight is 624 g/mol. The molecule has 1 aliphatic rings. The number of rotatable bonds is 13. The highest BCUT2D eigenvalue weighted by atomic mass is 35.5. The molecule has 0 spiro atoms. The van der Waals surface area contributed by atoms with Crippen LogP contribution in [0.2, 0.25) is 5.02 Å². The highest BCUT2D eigenvalue weighted by molar-refractivity contribution is 7.92. The largest absolute Gasteiger partial charge is 0.352 e. The zero-order valence-electron chi connectivity index (χ0n) is 25.0. The third kappa shape index (κ3) is 9.57. The zero-order valence-corrected chi connectivity index (χ0v) is 26.6. The molecule has 0 aromatic heterocycles. The normalized spacial score (nSPS) is 14.6. The van der Waals surface area contributed by atoms with Crippen molar-refractivity contribution in [2.75, 3.05) is 17.1 Å². The van der Waals surface area contributed by atoms with Crippen LogP contribution in [0.4, 0.5) is 5.69 Å². The second-order valence-corrected chi connectivity index (χ2v) is 13.8. The van der Waals surface area contributed by atoms with Crippen molar-refractivity contribution in [3.8, 4) is 0 Å². The summed E-state index contributed by atoms with van der Waals surface area (Å²) in [6, 6.07) is 23.7. The standard InChI is InChI=1S/C34H42ClN3O4S/c1-26-13-9-10-20-31(26)38(43(2,41)42)22-12-21-33(39)37(25-28-16-11-17-29(35)23-28)32(24-27-14-5-3-6-15-27)34(40)36-30-18-7-4-8-19-30/h3,5-6,9-11,13-17,20,23,30,32H,4,7-8,12,18-19,21-22,24-25H2,1-2H3,(H,36,40)/t32-/m1/s1. The van der Waals surface area contributed by atoms with Gasteiger partial charge in [-0.25, -0.2) is 8.42 Å². The number of aryl methyl sites for hydroxylation is 1. The molecule has 0 unspecified atom stereocenters. The van der Waals surface area contributed by atoms with Gasteiger partial charge in [0, 0.05) is 37.0 Å². The molecule has 1 fully saturated rings. The van der Waals surface area contributed by atoms with Crippen LogP contribution >= 0.6 is 11.6 Å². The van der Waals surface area contributed by atoms with Gasteiger partial charge >= 0.3 is 0 Å². The van der Waals surface area contributed by atoms with Crippen molar-refractivity contribution in [3.63, 3.8) is 0 Å². The van der Waals surface area contributed by atoms with Gasteiger partial charge in [0.25, 0.3) is 0 Å². The van der Waals surface area contributed by atoms with Crippen LogP contribution in [0.3, 0.4) is 0 Å². The lowest BCUT2D eigenvalue weighted by Gasteiger charge is -2.34. The number of amides is 2. The average Bonchev–Trinajstić information content (AvgIpc) is 2.98. The monoisotopic (exact) mass is 623 g/mol. The summed E-state index contributed by atoms with van der Waals surface area (Å²) in [7, 11) is -3.57. The maximum Gasteiger partial charge on any atom is 0.243 e. The summed E-state index contributed by atoms with van der Waals surface area (Å²) in [4.78, 5) is 29.6. The van der Waals surface area contributed by atoms with Crippen molar-refractivity contribution in [1.29, 1.82) is 0 Å². The van der Waals surface area contributed by atoms with Gasteiger partial charge < -0.3 is 10.2 Å². The number of sulfonamides is 1. The van der Waals surface area contributed by atoms with E-state index in [1.54, 1.807) is 23.1 Å². The molecule has 0 bridgehead atoms. The summed E-state index contributed by atoms with van der Waals surface area (Å²) in [5, 5.41) is 3.80. The number of nitrogens with zero attached hydrogens (tertiary/aromatic N) is 2. The van der Waals surface area contributed by atoms with Gasteiger partial charge in [-0.1, -0.05) is 91.5 Å². The molecule has 1 atom stereocenters. The number of para-hydroxylation sites is 1. The Bertz CT molecular complexity index is 1480. The zero-order chi connectivity index (χ0) is 30.8. The minimum Gasteiger partial charge on any atom is -0.352 e. The summed E-state index contributed by atoms with van der Waals surface area (Å²) in [5.74, 6) is -0.373. The SMILES string of the molecule is Cc1ccccc1N(CCCC(=O)N(Cc1cccc(Cl)c1)[C@H](Cc1ccccc1)C(=O)NC1CCCCC1)S(C)(=O)=O. The molecule has 2 amide bonds. The van der Waals surface area contributed by atoms with Gasteiger partial charge in [0.05, 0.1) is 11.9 Å². The number of carbonyl (C=O) groups excluding carboxylic acids is 2. The Kier molecular flexibility index (Phi) is 11.7. The molecular weight excluding hydrogens is 582 g/mol. The Morgan fingerprint density at radius 1 is 0.930 bits per heavy atom. The van der Waals surface area contributed by atoms with Crippen molar-refractivity contribution >= 4 is 39.1 Å². The van der Waals surface area contributed by atoms with E-state index in [9.17, 15) is 18.0 Å². The predicted molar refractivity (Wildman–Crippen MR) is 174 cm³/mol. The Morgan fingerprint density at radius 2 is 1.60 bits per heavy atom. The smallest absolute Gasteiger partial charge is 0.243 e. The van der Waals surface area contributed by atoms with Gasteiger partial charge in [0.1, 0.15) is 6.04 Å². The highest BCUT2D eigenvalue weighted by Gasteiger charge is 2.32. The van der Waals surface area contributed by atoms with Gasteiger partial charge in [-0.2, -0.15) is 0 Å². The molecule has 7 nitrogen and oxygen atoms in total. The number of benzene rings is 3. The third-order valence-corrected chi connectivity index (χ3v) is 9.42. The lowest BCUT2D eigenvalue weighted by atomic mass is 9.94. The molecule has 3 aromatic carbocycles. The van der Waals surface area contributed by atoms with E-state index in [2.05, 4.69) is 5.32 Å². The fourth-order valence-electron chi connectivity index (χ4n) is 5.76. The van der Waals surface area contributed by atoms with E-state index in [0.717, 1.165) is 42.4 Å². The predicted octanol–water partition coefficient (Wildman–Crippen LogP) is 6.28. The first-order valence-electron chi connectivity index (χ1n) is 15.0. The second kappa shape index (κ2) is 15.4. The van der Waals surface area contributed by atoms with Crippen LogP contribution in [-0.2, 0) is 32.6 Å². The van der Waals surface area contributed by atoms with E-state index in [1.807, 2.05) is 67.6 Å². The van der Waals surface area contributed by atoms with Crippen molar-refractivity contribution in [2.24, 2.45) is 0 Å². The van der Waals surface area contributed by atoms with Crippen molar-refractivity contribution in [1.82, 2.24) is 10.2 Å². The molecule has 0 saturated heterocycles. The second-order valence-electron chi connectivity index (χ2n) is 11.4. The van der Waals surface area contributed by atoms with Gasteiger partial charge in [-0.15, -0.1) is 0 Å². The molecule has 43 heavy (non-hydrogen) atoms. The Labute approximate surface area is 261 Å². The lowest BCUT2D eigenvalue weighted by Crippen LogP contribution is -2.52. The maximum atomic E-state index is 14.0. The fraction of sp³-hybridized carbons (Fsp3) is 0.412. The molecule has 3 aromatic rings. The van der Waals surface area contributed by atoms with Crippen LogP contribution in [0.5, 0.6) is 0 Å².